The second-order valence-electron chi connectivity index (χ2n) is 8.56. The van der Waals surface area contributed by atoms with Crippen LogP contribution >= 0.6 is 0 Å². The maximum Gasteiger partial charge on any atom is 0.252 e. The summed E-state index contributed by atoms with van der Waals surface area (Å²) in [6.07, 6.45) is 1.04. The second-order valence-corrected chi connectivity index (χ2v) is 8.56. The number of ether oxygens (including phenoxy) is 3. The second kappa shape index (κ2) is 12.0. The van der Waals surface area contributed by atoms with Crippen LogP contribution in [0, 0.1) is 0 Å². The van der Waals surface area contributed by atoms with E-state index in [1.807, 2.05) is 54.6 Å². The van der Waals surface area contributed by atoms with E-state index in [9.17, 15) is 4.79 Å². The highest BCUT2D eigenvalue weighted by molar-refractivity contribution is 6.00. The van der Waals surface area contributed by atoms with Crippen LogP contribution in [0.15, 0.2) is 59.6 Å². The van der Waals surface area contributed by atoms with E-state index in [-0.39, 0.29) is 19.1 Å². The van der Waals surface area contributed by atoms with Crippen molar-refractivity contribution in [3.05, 3.63) is 65.7 Å². The minimum atomic E-state index is -1.02. The summed E-state index contributed by atoms with van der Waals surface area (Å²) in [5.41, 5.74) is 0.815. The van der Waals surface area contributed by atoms with Gasteiger partial charge in [0.25, 0.3) is 5.91 Å². The number of carbonyl (C=O) groups is 1. The monoisotopic (exact) mass is 467 g/mol. The number of amides is 1. The largest absolute Gasteiger partial charge is 0.494 e. The Hall–Kier alpha value is -2.94. The van der Waals surface area contributed by atoms with E-state index in [4.69, 9.17) is 24.3 Å². The van der Waals surface area contributed by atoms with Gasteiger partial charge in [-0.05, 0) is 29.8 Å². The molecule has 0 unspecified atom stereocenters. The van der Waals surface area contributed by atoms with Gasteiger partial charge in [-0.15, -0.1) is 0 Å². The Morgan fingerprint density at radius 1 is 1.12 bits per heavy atom. The number of hydrogen-bond donors (Lipinski definition) is 2. The van der Waals surface area contributed by atoms with E-state index in [2.05, 4.69) is 10.2 Å². The molecule has 0 spiro atoms. The van der Waals surface area contributed by atoms with Crippen molar-refractivity contribution in [3.8, 4) is 5.75 Å². The van der Waals surface area contributed by atoms with E-state index in [1.54, 1.807) is 0 Å². The summed E-state index contributed by atoms with van der Waals surface area (Å²) in [4.78, 5) is 20.5. The van der Waals surface area contributed by atoms with Crippen LogP contribution in [-0.2, 0) is 20.7 Å². The van der Waals surface area contributed by atoms with Gasteiger partial charge >= 0.3 is 0 Å². The van der Waals surface area contributed by atoms with Crippen molar-refractivity contribution in [1.82, 2.24) is 10.2 Å². The van der Waals surface area contributed by atoms with E-state index >= 15 is 0 Å². The molecular formula is C26H33N3O5. The van der Waals surface area contributed by atoms with Gasteiger partial charge < -0.3 is 24.6 Å². The number of nitrogens with one attached hydrogen (secondary N) is 1. The van der Waals surface area contributed by atoms with Crippen LogP contribution in [0.4, 0.5) is 0 Å². The van der Waals surface area contributed by atoms with Crippen LogP contribution in [0.2, 0.25) is 0 Å². The minimum Gasteiger partial charge on any atom is -0.494 e. The van der Waals surface area contributed by atoms with E-state index in [0.29, 0.717) is 37.6 Å². The number of aliphatic imine (C=N–C) groups is 1. The lowest BCUT2D eigenvalue weighted by Crippen LogP contribution is -2.50. The van der Waals surface area contributed by atoms with Gasteiger partial charge in [0.2, 0.25) is 5.90 Å². The van der Waals surface area contributed by atoms with Crippen LogP contribution in [0.5, 0.6) is 5.75 Å². The number of hydrogen-bond acceptors (Lipinski definition) is 7. The summed E-state index contributed by atoms with van der Waals surface area (Å²) < 4.78 is 17.0. The third kappa shape index (κ3) is 6.34. The van der Waals surface area contributed by atoms with Crippen LogP contribution < -0.4 is 10.1 Å². The van der Waals surface area contributed by atoms with Crippen LogP contribution in [0.25, 0.3) is 0 Å². The van der Waals surface area contributed by atoms with Gasteiger partial charge in [0.1, 0.15) is 12.4 Å². The number of rotatable bonds is 11. The molecule has 2 aromatic carbocycles. The predicted octanol–water partition coefficient (Wildman–Crippen LogP) is 1.65. The molecule has 2 N–H and O–H groups in total. The lowest BCUT2D eigenvalue weighted by atomic mass is 9.91. The van der Waals surface area contributed by atoms with Crippen molar-refractivity contribution in [2.24, 2.45) is 4.99 Å². The summed E-state index contributed by atoms with van der Waals surface area (Å²) in [5, 5.41) is 12.0. The van der Waals surface area contributed by atoms with Crippen molar-refractivity contribution < 1.29 is 24.1 Å². The third-order valence-electron chi connectivity index (χ3n) is 6.02. The van der Waals surface area contributed by atoms with E-state index in [1.165, 1.54) is 0 Å². The van der Waals surface area contributed by atoms with Crippen LogP contribution in [0.1, 0.15) is 17.5 Å². The van der Waals surface area contributed by atoms with Gasteiger partial charge in [-0.3, -0.25) is 9.69 Å². The molecular weight excluding hydrogens is 434 g/mol. The molecule has 182 valence electrons. The Morgan fingerprint density at radius 2 is 1.88 bits per heavy atom. The molecule has 1 amide bonds. The summed E-state index contributed by atoms with van der Waals surface area (Å²) >= 11 is 0. The highest BCUT2D eigenvalue weighted by Gasteiger charge is 2.44. The molecule has 2 aliphatic heterocycles. The summed E-state index contributed by atoms with van der Waals surface area (Å²) in [6.45, 7) is 5.32. The average Bonchev–Trinajstić information content (AvgIpc) is 3.31. The number of carbonyl (C=O) groups excluding carboxylic acids is 1. The SMILES string of the molecule is O=C(NCCN1CCOCC1)[C@@]1(Cc2ccccc2)COC(c2ccc(OCCCO)cc2)=N1. The maximum atomic E-state index is 13.4. The van der Waals surface area contributed by atoms with Crippen molar-refractivity contribution in [2.45, 2.75) is 18.4 Å². The molecule has 2 aromatic rings. The number of aliphatic hydroxyl groups excluding tert-OH is 1. The topological polar surface area (TPSA) is 92.6 Å². The first-order valence-corrected chi connectivity index (χ1v) is 11.9. The van der Waals surface area contributed by atoms with Gasteiger partial charge in [-0.1, -0.05) is 30.3 Å². The average molecular weight is 468 g/mol. The maximum absolute atomic E-state index is 13.4. The molecule has 0 saturated carbocycles. The molecule has 2 aliphatic rings. The molecule has 0 aromatic heterocycles. The molecule has 0 radical (unpaired) electrons. The molecule has 8 nitrogen and oxygen atoms in total. The first kappa shape index (κ1) is 24.2. The number of nitrogens with zero attached hydrogens (tertiary/aromatic N) is 2. The minimum absolute atomic E-state index is 0.0980. The zero-order valence-corrected chi connectivity index (χ0v) is 19.4. The zero-order valence-electron chi connectivity index (χ0n) is 19.4. The van der Waals surface area contributed by atoms with Crippen molar-refractivity contribution in [2.75, 3.05) is 59.2 Å². The Kier molecular flexibility index (Phi) is 8.51. The molecule has 4 rings (SSSR count). The van der Waals surface area contributed by atoms with E-state index in [0.717, 1.165) is 44.0 Å². The molecule has 0 aliphatic carbocycles. The molecule has 2 heterocycles. The zero-order chi connectivity index (χ0) is 23.6. The standard InChI is InChI=1S/C26H33N3O5/c30-15-4-16-33-23-9-7-22(8-10-23)24-28-26(20-34-24,19-21-5-2-1-3-6-21)25(31)27-11-12-29-13-17-32-18-14-29/h1-3,5-10,30H,4,11-20H2,(H,27,31)/t26-/m1/s1. The highest BCUT2D eigenvalue weighted by Crippen LogP contribution is 2.27. The Balaban J connectivity index is 1.46. The van der Waals surface area contributed by atoms with Gasteiger partial charge in [0, 0.05) is 51.2 Å². The van der Waals surface area contributed by atoms with Crippen LogP contribution in [-0.4, -0.2) is 86.6 Å². The Labute approximate surface area is 200 Å². The smallest absolute Gasteiger partial charge is 0.252 e. The molecule has 1 fully saturated rings. The lowest BCUT2D eigenvalue weighted by Gasteiger charge is -2.28. The van der Waals surface area contributed by atoms with Crippen molar-refractivity contribution in [1.29, 1.82) is 0 Å². The summed E-state index contributed by atoms with van der Waals surface area (Å²) in [5.74, 6) is 1.05. The predicted molar refractivity (Wildman–Crippen MR) is 129 cm³/mol. The summed E-state index contributed by atoms with van der Waals surface area (Å²) in [6, 6.07) is 17.4. The van der Waals surface area contributed by atoms with Gasteiger partial charge in [-0.25, -0.2) is 4.99 Å². The molecule has 1 saturated heterocycles. The molecule has 0 bridgehead atoms. The Bertz CT molecular complexity index is 945. The Morgan fingerprint density at radius 3 is 2.62 bits per heavy atom. The molecule has 34 heavy (non-hydrogen) atoms. The fourth-order valence-corrected chi connectivity index (χ4v) is 4.08. The highest BCUT2D eigenvalue weighted by atomic mass is 16.5. The lowest BCUT2D eigenvalue weighted by molar-refractivity contribution is -0.126. The normalized spacial score (nSPS) is 20.4. The van der Waals surface area contributed by atoms with Gasteiger partial charge in [-0.2, -0.15) is 0 Å². The number of morpholine rings is 1. The fraction of sp³-hybridized carbons (Fsp3) is 0.462. The first-order chi connectivity index (χ1) is 16.7. The first-order valence-electron chi connectivity index (χ1n) is 11.9. The van der Waals surface area contributed by atoms with Gasteiger partial charge in [0.05, 0.1) is 19.8 Å². The van der Waals surface area contributed by atoms with E-state index < -0.39 is 5.54 Å². The quantitative estimate of drug-likeness (QED) is 0.489. The fourth-order valence-electron chi connectivity index (χ4n) is 4.08. The van der Waals surface area contributed by atoms with Crippen molar-refractivity contribution in [3.63, 3.8) is 0 Å². The molecule has 8 heteroatoms. The summed E-state index contributed by atoms with van der Waals surface area (Å²) in [7, 11) is 0. The third-order valence-corrected chi connectivity index (χ3v) is 6.02. The molecule has 1 atom stereocenters. The number of aliphatic hydroxyl groups is 1. The van der Waals surface area contributed by atoms with Gasteiger partial charge in [0.15, 0.2) is 5.54 Å². The number of benzene rings is 2. The van der Waals surface area contributed by atoms with Crippen LogP contribution in [0.3, 0.4) is 0 Å². The van der Waals surface area contributed by atoms with Crippen molar-refractivity contribution >= 4 is 11.8 Å².